The molecule has 1 aromatic carbocycles. The van der Waals surface area contributed by atoms with Crippen LogP contribution in [0.15, 0.2) is 30.3 Å². The van der Waals surface area contributed by atoms with Crippen molar-refractivity contribution >= 4 is 18.0 Å². The third kappa shape index (κ3) is 7.00. The van der Waals surface area contributed by atoms with Gasteiger partial charge >= 0.3 is 5.97 Å². The van der Waals surface area contributed by atoms with E-state index in [2.05, 4.69) is 5.32 Å². The zero-order chi connectivity index (χ0) is 17.2. The fourth-order valence-corrected chi connectivity index (χ4v) is 1.78. The van der Waals surface area contributed by atoms with Crippen molar-refractivity contribution in [1.29, 1.82) is 0 Å². The molecule has 0 spiro atoms. The average Bonchev–Trinajstić information content (AvgIpc) is 2.51. The van der Waals surface area contributed by atoms with Crippen LogP contribution in [0.4, 0.5) is 0 Å². The Kier molecular flexibility index (Phi) is 7.88. The van der Waals surface area contributed by atoms with Crippen LogP contribution in [-0.2, 0) is 14.3 Å². The maximum atomic E-state index is 11.8. The maximum absolute atomic E-state index is 11.8. The Hall–Kier alpha value is -2.30. The van der Waals surface area contributed by atoms with Gasteiger partial charge in [-0.15, -0.1) is 0 Å². The van der Waals surface area contributed by atoms with Crippen LogP contribution in [0.3, 0.4) is 0 Å². The van der Waals surface area contributed by atoms with Gasteiger partial charge in [-0.25, -0.2) is 4.79 Å². The van der Waals surface area contributed by atoms with Gasteiger partial charge in [0, 0.05) is 18.2 Å². The molecule has 0 aliphatic rings. The SMILES string of the molecule is CCOc1ccccc1/C=C/C(=O)O[C@@H](C)C(=O)NCC(C)C. The Morgan fingerprint density at radius 1 is 1.22 bits per heavy atom. The number of carbonyl (C=O) groups excluding carboxylic acids is 2. The Balaban J connectivity index is 2.57. The third-order valence-electron chi connectivity index (χ3n) is 2.96. The standard InChI is InChI=1S/C18H25NO4/c1-5-22-16-9-7-6-8-15(16)10-11-17(20)23-14(4)18(21)19-12-13(2)3/h6-11,13-14H,5,12H2,1-4H3,(H,19,21)/b11-10+/t14-/m0/s1. The Morgan fingerprint density at radius 3 is 2.57 bits per heavy atom. The van der Waals surface area contributed by atoms with Gasteiger partial charge in [0.15, 0.2) is 6.10 Å². The summed E-state index contributed by atoms with van der Waals surface area (Å²) in [6.45, 7) is 8.54. The average molecular weight is 319 g/mol. The highest BCUT2D eigenvalue weighted by Gasteiger charge is 2.16. The predicted molar refractivity (Wildman–Crippen MR) is 90.0 cm³/mol. The lowest BCUT2D eigenvalue weighted by atomic mass is 10.2. The first-order valence-electron chi connectivity index (χ1n) is 7.82. The number of hydrogen-bond donors (Lipinski definition) is 1. The lowest BCUT2D eigenvalue weighted by molar-refractivity contribution is -0.150. The lowest BCUT2D eigenvalue weighted by Gasteiger charge is -2.13. The van der Waals surface area contributed by atoms with Crippen LogP contribution in [0.25, 0.3) is 6.08 Å². The van der Waals surface area contributed by atoms with Gasteiger partial charge in [-0.05, 0) is 31.9 Å². The van der Waals surface area contributed by atoms with Gasteiger partial charge in [-0.1, -0.05) is 32.0 Å². The van der Waals surface area contributed by atoms with Crippen molar-refractivity contribution < 1.29 is 19.1 Å². The number of amides is 1. The second kappa shape index (κ2) is 9.66. The summed E-state index contributed by atoms with van der Waals surface area (Å²) in [7, 11) is 0. The van der Waals surface area contributed by atoms with Crippen LogP contribution in [0, 0.1) is 5.92 Å². The minimum atomic E-state index is -0.826. The summed E-state index contributed by atoms with van der Waals surface area (Å²) in [6, 6.07) is 7.39. The van der Waals surface area contributed by atoms with Gasteiger partial charge in [-0.3, -0.25) is 4.79 Å². The van der Waals surface area contributed by atoms with Crippen LogP contribution >= 0.6 is 0 Å². The highest BCUT2D eigenvalue weighted by Crippen LogP contribution is 2.19. The molecular weight excluding hydrogens is 294 g/mol. The van der Waals surface area contributed by atoms with E-state index in [-0.39, 0.29) is 5.91 Å². The molecular formula is C18H25NO4. The summed E-state index contributed by atoms with van der Waals surface area (Å²) in [5.74, 6) is 0.178. The highest BCUT2D eigenvalue weighted by atomic mass is 16.5. The van der Waals surface area contributed by atoms with Crippen LogP contribution in [-0.4, -0.2) is 31.1 Å². The molecule has 1 amide bonds. The van der Waals surface area contributed by atoms with Gasteiger partial charge in [-0.2, -0.15) is 0 Å². The molecule has 0 aromatic heterocycles. The molecule has 0 unspecified atom stereocenters. The van der Waals surface area contributed by atoms with E-state index in [0.29, 0.717) is 24.8 Å². The number of ether oxygens (including phenoxy) is 2. The largest absolute Gasteiger partial charge is 0.493 e. The van der Waals surface area contributed by atoms with Crippen LogP contribution in [0.5, 0.6) is 5.75 Å². The first kappa shape index (κ1) is 18.7. The molecule has 1 N–H and O–H groups in total. The molecule has 1 aromatic rings. The van der Waals surface area contributed by atoms with E-state index in [1.54, 1.807) is 13.0 Å². The number of carbonyl (C=O) groups is 2. The molecule has 0 aliphatic carbocycles. The highest BCUT2D eigenvalue weighted by molar-refractivity contribution is 5.90. The molecule has 5 heteroatoms. The van der Waals surface area contributed by atoms with Crippen LogP contribution in [0.2, 0.25) is 0 Å². The fourth-order valence-electron chi connectivity index (χ4n) is 1.78. The van der Waals surface area contributed by atoms with Crippen LogP contribution < -0.4 is 10.1 Å². The minimum Gasteiger partial charge on any atom is -0.493 e. The first-order valence-corrected chi connectivity index (χ1v) is 7.82. The summed E-state index contributed by atoms with van der Waals surface area (Å²) in [5, 5.41) is 2.73. The van der Waals surface area contributed by atoms with E-state index in [0.717, 1.165) is 5.56 Å². The monoisotopic (exact) mass is 319 g/mol. The summed E-state index contributed by atoms with van der Waals surface area (Å²) in [6.07, 6.45) is 2.09. The molecule has 0 bridgehead atoms. The van der Waals surface area contributed by atoms with Crippen molar-refractivity contribution in [2.75, 3.05) is 13.2 Å². The predicted octanol–water partition coefficient (Wildman–Crippen LogP) is 2.80. The van der Waals surface area contributed by atoms with E-state index in [1.165, 1.54) is 6.08 Å². The number of benzene rings is 1. The van der Waals surface area contributed by atoms with Crippen molar-refractivity contribution in [3.8, 4) is 5.75 Å². The number of rotatable bonds is 8. The number of nitrogens with one attached hydrogen (secondary N) is 1. The van der Waals surface area contributed by atoms with Gasteiger partial charge in [0.2, 0.25) is 0 Å². The second-order valence-corrected chi connectivity index (χ2v) is 5.52. The number of esters is 1. The van der Waals surface area contributed by atoms with Gasteiger partial charge in [0.25, 0.3) is 5.91 Å². The van der Waals surface area contributed by atoms with Crippen molar-refractivity contribution in [2.45, 2.75) is 33.8 Å². The molecule has 0 saturated heterocycles. The molecule has 0 fully saturated rings. The summed E-state index contributed by atoms with van der Waals surface area (Å²) in [4.78, 5) is 23.6. The van der Waals surface area contributed by atoms with E-state index >= 15 is 0 Å². The Labute approximate surface area is 137 Å². The first-order chi connectivity index (χ1) is 10.9. The van der Waals surface area contributed by atoms with Gasteiger partial charge in [0.05, 0.1) is 6.61 Å². The van der Waals surface area contributed by atoms with E-state index in [1.807, 2.05) is 45.0 Å². The number of hydrogen-bond acceptors (Lipinski definition) is 4. The third-order valence-corrected chi connectivity index (χ3v) is 2.96. The minimum absolute atomic E-state index is 0.296. The smallest absolute Gasteiger partial charge is 0.331 e. The molecule has 5 nitrogen and oxygen atoms in total. The van der Waals surface area contributed by atoms with Gasteiger partial charge in [0.1, 0.15) is 5.75 Å². The summed E-state index contributed by atoms with van der Waals surface area (Å²) < 4.78 is 10.6. The van der Waals surface area contributed by atoms with Gasteiger partial charge < -0.3 is 14.8 Å². The van der Waals surface area contributed by atoms with E-state index in [4.69, 9.17) is 9.47 Å². The topological polar surface area (TPSA) is 64.6 Å². The van der Waals surface area contributed by atoms with Crippen molar-refractivity contribution in [2.24, 2.45) is 5.92 Å². The molecule has 23 heavy (non-hydrogen) atoms. The zero-order valence-corrected chi connectivity index (χ0v) is 14.2. The molecule has 0 aliphatic heterocycles. The molecule has 1 rings (SSSR count). The van der Waals surface area contributed by atoms with Crippen molar-refractivity contribution in [3.63, 3.8) is 0 Å². The molecule has 1 atom stereocenters. The Bertz CT molecular complexity index is 552. The maximum Gasteiger partial charge on any atom is 0.331 e. The molecule has 0 radical (unpaired) electrons. The van der Waals surface area contributed by atoms with E-state index in [9.17, 15) is 9.59 Å². The van der Waals surface area contributed by atoms with Crippen LogP contribution in [0.1, 0.15) is 33.3 Å². The summed E-state index contributed by atoms with van der Waals surface area (Å²) in [5.41, 5.74) is 0.781. The molecule has 0 saturated carbocycles. The molecule has 126 valence electrons. The fraction of sp³-hybridized carbons (Fsp3) is 0.444. The molecule has 0 heterocycles. The van der Waals surface area contributed by atoms with E-state index < -0.39 is 12.1 Å². The normalized spacial score (nSPS) is 12.2. The van der Waals surface area contributed by atoms with Crippen molar-refractivity contribution in [1.82, 2.24) is 5.32 Å². The second-order valence-electron chi connectivity index (χ2n) is 5.52. The Morgan fingerprint density at radius 2 is 1.91 bits per heavy atom. The van der Waals surface area contributed by atoms with Crippen molar-refractivity contribution in [3.05, 3.63) is 35.9 Å². The zero-order valence-electron chi connectivity index (χ0n) is 14.2. The number of para-hydroxylation sites is 1. The lowest BCUT2D eigenvalue weighted by Crippen LogP contribution is -2.37. The summed E-state index contributed by atoms with van der Waals surface area (Å²) >= 11 is 0. The quantitative estimate of drug-likeness (QED) is 0.591.